The number of carbonyl (C=O) groups is 1. The molecule has 0 fully saturated rings. The summed E-state index contributed by atoms with van der Waals surface area (Å²) in [6.07, 6.45) is 1.35. The van der Waals surface area contributed by atoms with Crippen LogP contribution in [-0.2, 0) is 11.3 Å². The Balaban J connectivity index is 1.73. The lowest BCUT2D eigenvalue weighted by molar-refractivity contribution is -0.122. The van der Waals surface area contributed by atoms with E-state index in [0.717, 1.165) is 17.7 Å². The molecule has 0 saturated carbocycles. The molecule has 3 aromatic rings. The summed E-state index contributed by atoms with van der Waals surface area (Å²) in [7, 11) is 0. The third-order valence-electron chi connectivity index (χ3n) is 3.72. The minimum absolute atomic E-state index is 0.0902. The van der Waals surface area contributed by atoms with E-state index >= 15 is 0 Å². The third kappa shape index (κ3) is 3.24. The summed E-state index contributed by atoms with van der Waals surface area (Å²) in [4.78, 5) is 16.1. The molecule has 0 spiro atoms. The highest BCUT2D eigenvalue weighted by Gasteiger charge is 2.13. The maximum absolute atomic E-state index is 13.4. The van der Waals surface area contributed by atoms with E-state index in [-0.39, 0.29) is 29.8 Å². The molecule has 4 nitrogen and oxygen atoms in total. The van der Waals surface area contributed by atoms with Crippen molar-refractivity contribution in [1.82, 2.24) is 14.9 Å². The smallest absolute Gasteiger partial charge is 0.240 e. The highest BCUT2D eigenvalue weighted by Crippen LogP contribution is 2.18. The molecule has 0 aliphatic rings. The quantitative estimate of drug-likeness (QED) is 0.796. The van der Waals surface area contributed by atoms with Gasteiger partial charge in [0.25, 0.3) is 0 Å². The summed E-state index contributed by atoms with van der Waals surface area (Å²) in [5.41, 5.74) is 1.36. The van der Waals surface area contributed by atoms with Gasteiger partial charge in [0.15, 0.2) is 11.6 Å². The summed E-state index contributed by atoms with van der Waals surface area (Å²) in [6, 6.07) is 7.49. The van der Waals surface area contributed by atoms with Gasteiger partial charge >= 0.3 is 0 Å². The largest absolute Gasteiger partial charge is 0.348 e. The van der Waals surface area contributed by atoms with Crippen molar-refractivity contribution in [3.63, 3.8) is 0 Å². The fourth-order valence-electron chi connectivity index (χ4n) is 2.46. The van der Waals surface area contributed by atoms with Crippen LogP contribution in [0.4, 0.5) is 13.2 Å². The Kier molecular flexibility index (Phi) is 4.24. The van der Waals surface area contributed by atoms with E-state index in [1.807, 2.05) is 0 Å². The van der Waals surface area contributed by atoms with E-state index in [2.05, 4.69) is 10.3 Å². The number of carbonyl (C=O) groups excluding carboxylic acids is 1. The van der Waals surface area contributed by atoms with Crippen LogP contribution in [0.15, 0.2) is 42.7 Å². The molecular formula is C17H14F3N3O. The number of fused-ring (bicyclic) bond motifs is 1. The van der Waals surface area contributed by atoms with Gasteiger partial charge in [-0.25, -0.2) is 18.2 Å². The summed E-state index contributed by atoms with van der Waals surface area (Å²) in [5, 5.41) is 2.77. The van der Waals surface area contributed by atoms with Crippen LogP contribution >= 0.6 is 0 Å². The first-order chi connectivity index (χ1) is 11.4. The van der Waals surface area contributed by atoms with Crippen LogP contribution in [0.5, 0.6) is 0 Å². The van der Waals surface area contributed by atoms with Gasteiger partial charge in [-0.2, -0.15) is 0 Å². The Morgan fingerprint density at radius 1 is 1.17 bits per heavy atom. The summed E-state index contributed by atoms with van der Waals surface area (Å²) >= 11 is 0. The predicted molar refractivity (Wildman–Crippen MR) is 82.6 cm³/mol. The monoisotopic (exact) mass is 333 g/mol. The minimum atomic E-state index is -0.996. The van der Waals surface area contributed by atoms with Crippen LogP contribution in [0.1, 0.15) is 18.5 Å². The molecule has 0 aliphatic carbocycles. The molecule has 0 saturated heterocycles. The number of halogens is 3. The topological polar surface area (TPSA) is 46.9 Å². The van der Waals surface area contributed by atoms with Crippen molar-refractivity contribution in [1.29, 1.82) is 0 Å². The predicted octanol–water partition coefficient (Wildman–Crippen LogP) is 3.33. The lowest BCUT2D eigenvalue weighted by atomic mass is 10.1. The highest BCUT2D eigenvalue weighted by atomic mass is 19.2. The van der Waals surface area contributed by atoms with Gasteiger partial charge in [-0.05, 0) is 24.6 Å². The van der Waals surface area contributed by atoms with Crippen molar-refractivity contribution >= 4 is 16.9 Å². The van der Waals surface area contributed by atoms with Crippen LogP contribution in [0.2, 0.25) is 0 Å². The summed E-state index contributed by atoms with van der Waals surface area (Å²) in [6.45, 7) is 1.68. The van der Waals surface area contributed by atoms with Crippen LogP contribution in [0.25, 0.3) is 11.0 Å². The van der Waals surface area contributed by atoms with E-state index in [1.165, 1.54) is 23.0 Å². The number of nitrogens with one attached hydrogen (secondary N) is 1. The van der Waals surface area contributed by atoms with Crippen LogP contribution in [0, 0.1) is 17.5 Å². The van der Waals surface area contributed by atoms with Gasteiger partial charge in [0, 0.05) is 12.1 Å². The summed E-state index contributed by atoms with van der Waals surface area (Å²) < 4.78 is 40.9. The van der Waals surface area contributed by atoms with Gasteiger partial charge in [0.2, 0.25) is 5.91 Å². The highest BCUT2D eigenvalue weighted by molar-refractivity contribution is 5.80. The first-order valence-electron chi connectivity index (χ1n) is 7.29. The molecule has 0 bridgehead atoms. The van der Waals surface area contributed by atoms with Crippen molar-refractivity contribution in [3.8, 4) is 0 Å². The molecule has 1 heterocycles. The number of benzene rings is 2. The van der Waals surface area contributed by atoms with Gasteiger partial charge in [-0.3, -0.25) is 4.79 Å². The zero-order valence-corrected chi connectivity index (χ0v) is 12.8. The van der Waals surface area contributed by atoms with E-state index in [9.17, 15) is 18.0 Å². The van der Waals surface area contributed by atoms with Crippen LogP contribution in [0.3, 0.4) is 0 Å². The second kappa shape index (κ2) is 6.35. The molecule has 0 aliphatic heterocycles. The van der Waals surface area contributed by atoms with Gasteiger partial charge < -0.3 is 9.88 Å². The van der Waals surface area contributed by atoms with E-state index in [0.29, 0.717) is 5.52 Å². The molecule has 1 atom stereocenters. The minimum Gasteiger partial charge on any atom is -0.348 e. The van der Waals surface area contributed by atoms with Gasteiger partial charge in [-0.15, -0.1) is 0 Å². The van der Waals surface area contributed by atoms with Crippen molar-refractivity contribution in [2.24, 2.45) is 0 Å². The second-order valence-corrected chi connectivity index (χ2v) is 5.47. The van der Waals surface area contributed by atoms with Crippen LogP contribution < -0.4 is 5.32 Å². The average Bonchev–Trinajstić information content (AvgIpc) is 2.90. The van der Waals surface area contributed by atoms with E-state index < -0.39 is 11.6 Å². The number of aromatic nitrogens is 2. The fourth-order valence-corrected chi connectivity index (χ4v) is 2.46. The second-order valence-electron chi connectivity index (χ2n) is 5.47. The van der Waals surface area contributed by atoms with E-state index in [1.54, 1.807) is 19.1 Å². The Morgan fingerprint density at radius 3 is 2.54 bits per heavy atom. The fraction of sp³-hybridized carbons (Fsp3) is 0.176. The van der Waals surface area contributed by atoms with Gasteiger partial charge in [-0.1, -0.05) is 12.1 Å². The van der Waals surface area contributed by atoms with Gasteiger partial charge in [0.1, 0.15) is 12.4 Å². The molecule has 0 radical (unpaired) electrons. The maximum atomic E-state index is 13.4. The molecule has 1 unspecified atom stereocenters. The van der Waals surface area contributed by atoms with Crippen molar-refractivity contribution in [2.75, 3.05) is 0 Å². The normalized spacial score (nSPS) is 12.3. The Bertz CT molecular complexity index is 890. The van der Waals surface area contributed by atoms with Crippen molar-refractivity contribution in [2.45, 2.75) is 19.5 Å². The maximum Gasteiger partial charge on any atom is 0.240 e. The summed E-state index contributed by atoms with van der Waals surface area (Å²) in [5.74, 6) is -2.65. The molecule has 7 heteroatoms. The number of hydrogen-bond donors (Lipinski definition) is 1. The molecule has 124 valence electrons. The van der Waals surface area contributed by atoms with Crippen molar-refractivity contribution < 1.29 is 18.0 Å². The first kappa shape index (κ1) is 16.0. The standard InChI is InChI=1S/C17H14F3N3O/c1-10(11-2-4-12(18)5-3-11)22-17(24)8-23-9-21-15-6-13(19)14(20)7-16(15)23/h2-7,9-10H,8H2,1H3,(H,22,24). The number of amides is 1. The molecule has 1 amide bonds. The number of rotatable bonds is 4. The average molecular weight is 333 g/mol. The lowest BCUT2D eigenvalue weighted by Crippen LogP contribution is -2.29. The van der Waals surface area contributed by atoms with Gasteiger partial charge in [0.05, 0.1) is 23.4 Å². The Morgan fingerprint density at radius 2 is 1.83 bits per heavy atom. The lowest BCUT2D eigenvalue weighted by Gasteiger charge is -2.15. The first-order valence-corrected chi connectivity index (χ1v) is 7.29. The molecule has 2 aromatic carbocycles. The Hall–Kier alpha value is -2.83. The molecule has 1 N–H and O–H groups in total. The number of hydrogen-bond acceptors (Lipinski definition) is 2. The number of imidazole rings is 1. The Labute approximate surface area is 135 Å². The molecule has 3 rings (SSSR count). The molecule has 24 heavy (non-hydrogen) atoms. The van der Waals surface area contributed by atoms with Crippen LogP contribution in [-0.4, -0.2) is 15.5 Å². The van der Waals surface area contributed by atoms with E-state index in [4.69, 9.17) is 0 Å². The van der Waals surface area contributed by atoms with Crippen molar-refractivity contribution in [3.05, 3.63) is 65.7 Å². The number of nitrogens with zero attached hydrogens (tertiary/aromatic N) is 2. The molecule has 1 aromatic heterocycles. The third-order valence-corrected chi connectivity index (χ3v) is 3.72. The zero-order chi connectivity index (χ0) is 17.3. The molecular weight excluding hydrogens is 319 g/mol. The SMILES string of the molecule is CC(NC(=O)Cn1cnc2cc(F)c(F)cc21)c1ccc(F)cc1. The zero-order valence-electron chi connectivity index (χ0n) is 12.8.